The van der Waals surface area contributed by atoms with Crippen LogP contribution in [0.25, 0.3) is 0 Å². The van der Waals surface area contributed by atoms with Gasteiger partial charge in [-0.15, -0.1) is 0 Å². The predicted molar refractivity (Wildman–Crippen MR) is 65.1 cm³/mol. The first kappa shape index (κ1) is 12.1. The smallest absolute Gasteiger partial charge is 0.118 e. The summed E-state index contributed by atoms with van der Waals surface area (Å²) in [6.07, 6.45) is 6.04. The van der Waals surface area contributed by atoms with Crippen molar-refractivity contribution in [1.29, 1.82) is 0 Å². The minimum atomic E-state index is 0.445. The van der Waals surface area contributed by atoms with Gasteiger partial charge in [-0.2, -0.15) is 0 Å². The molecule has 0 saturated heterocycles. The summed E-state index contributed by atoms with van der Waals surface area (Å²) in [5.74, 6) is 1.29. The molecule has 0 heterocycles. The van der Waals surface area contributed by atoms with Crippen molar-refractivity contribution in [3.63, 3.8) is 0 Å². The molecule has 1 nitrogen and oxygen atoms in total. The van der Waals surface area contributed by atoms with Crippen LogP contribution in [0.4, 0.5) is 0 Å². The molecule has 1 rings (SSSR count). The van der Waals surface area contributed by atoms with Gasteiger partial charge in [-0.25, -0.2) is 0 Å². The number of phenols is 1. The van der Waals surface area contributed by atoms with E-state index in [0.717, 1.165) is 17.9 Å². The third-order valence-corrected chi connectivity index (χ3v) is 3.08. The summed E-state index contributed by atoms with van der Waals surface area (Å²) >= 11 is 0. The van der Waals surface area contributed by atoms with E-state index in [1.165, 1.54) is 25.7 Å². The third kappa shape index (κ3) is 4.37. The van der Waals surface area contributed by atoms with Crippen molar-refractivity contribution in [3.05, 3.63) is 29.8 Å². The normalized spacial score (nSPS) is 12.7. The van der Waals surface area contributed by atoms with E-state index in [1.807, 2.05) is 18.2 Å². The zero-order valence-electron chi connectivity index (χ0n) is 9.87. The molecule has 0 fully saturated rings. The molecule has 1 N–H and O–H groups in total. The summed E-state index contributed by atoms with van der Waals surface area (Å²) in [5, 5.41) is 9.57. The predicted octanol–water partition coefficient (Wildman–Crippen LogP) is 4.15. The van der Waals surface area contributed by atoms with Crippen molar-refractivity contribution in [2.24, 2.45) is 5.92 Å². The van der Waals surface area contributed by atoms with Gasteiger partial charge in [0.05, 0.1) is 0 Å². The summed E-state index contributed by atoms with van der Waals surface area (Å²) in [5.41, 5.74) is 1.08. The summed E-state index contributed by atoms with van der Waals surface area (Å²) < 4.78 is 0. The van der Waals surface area contributed by atoms with Gasteiger partial charge in [0.15, 0.2) is 0 Å². The van der Waals surface area contributed by atoms with Crippen LogP contribution in [-0.2, 0) is 6.42 Å². The van der Waals surface area contributed by atoms with E-state index in [1.54, 1.807) is 6.07 Å². The van der Waals surface area contributed by atoms with Crippen LogP contribution in [0.3, 0.4) is 0 Å². The Labute approximate surface area is 93.1 Å². The first-order chi connectivity index (χ1) is 7.24. The zero-order valence-corrected chi connectivity index (χ0v) is 9.87. The molecule has 0 amide bonds. The number of aryl methyl sites for hydroxylation is 1. The van der Waals surface area contributed by atoms with Gasteiger partial charge in [-0.3, -0.25) is 0 Å². The molecule has 84 valence electrons. The van der Waals surface area contributed by atoms with Crippen molar-refractivity contribution in [2.45, 2.75) is 46.0 Å². The Morgan fingerprint density at radius 1 is 1.20 bits per heavy atom. The first-order valence-corrected chi connectivity index (χ1v) is 6.01. The minimum absolute atomic E-state index is 0.445. The number of aromatic hydroxyl groups is 1. The van der Waals surface area contributed by atoms with Crippen LogP contribution in [0.2, 0.25) is 0 Å². The Morgan fingerprint density at radius 2 is 1.93 bits per heavy atom. The Morgan fingerprint density at radius 3 is 2.60 bits per heavy atom. The Kier molecular flexibility index (Phi) is 5.23. The molecular weight excluding hydrogens is 184 g/mol. The average molecular weight is 206 g/mol. The van der Waals surface area contributed by atoms with Crippen LogP contribution in [0, 0.1) is 5.92 Å². The number of phenolic OH excluding ortho intramolecular Hbond substituents is 1. The third-order valence-electron chi connectivity index (χ3n) is 3.08. The lowest BCUT2D eigenvalue weighted by Gasteiger charge is -2.08. The molecule has 1 aromatic rings. The van der Waals surface area contributed by atoms with Gasteiger partial charge in [0.1, 0.15) is 5.75 Å². The lowest BCUT2D eigenvalue weighted by molar-refractivity contribution is 0.460. The summed E-state index contributed by atoms with van der Waals surface area (Å²) in [6.45, 7) is 4.55. The fraction of sp³-hybridized carbons (Fsp3) is 0.571. The second-order valence-electron chi connectivity index (χ2n) is 4.39. The van der Waals surface area contributed by atoms with Crippen molar-refractivity contribution < 1.29 is 5.11 Å². The van der Waals surface area contributed by atoms with Gasteiger partial charge in [0.2, 0.25) is 0 Å². The van der Waals surface area contributed by atoms with Crippen LogP contribution in [-0.4, -0.2) is 5.11 Å². The van der Waals surface area contributed by atoms with Gasteiger partial charge in [0.25, 0.3) is 0 Å². The molecule has 1 aromatic carbocycles. The van der Waals surface area contributed by atoms with Gasteiger partial charge in [0, 0.05) is 0 Å². The van der Waals surface area contributed by atoms with Crippen LogP contribution in [0.1, 0.15) is 45.1 Å². The van der Waals surface area contributed by atoms with Gasteiger partial charge in [-0.05, 0) is 30.4 Å². The highest BCUT2D eigenvalue weighted by Gasteiger charge is 2.01. The molecule has 0 spiro atoms. The van der Waals surface area contributed by atoms with Crippen LogP contribution >= 0.6 is 0 Å². The largest absolute Gasteiger partial charge is 0.508 e. The monoisotopic (exact) mass is 206 g/mol. The number of hydrogen-bond donors (Lipinski definition) is 1. The molecule has 0 aliphatic heterocycles. The Bertz CT molecular complexity index is 280. The molecule has 0 bridgehead atoms. The van der Waals surface area contributed by atoms with Gasteiger partial charge in [-0.1, -0.05) is 51.3 Å². The standard InChI is InChI=1S/C14H22O/c1-3-12(2)8-4-5-9-13-10-6-7-11-14(13)15/h6-7,10-12,15H,3-5,8-9H2,1-2H3. The summed E-state index contributed by atoms with van der Waals surface area (Å²) in [4.78, 5) is 0. The van der Waals surface area contributed by atoms with E-state index in [0.29, 0.717) is 5.75 Å². The molecule has 0 aliphatic rings. The maximum atomic E-state index is 9.57. The molecular formula is C14H22O. The van der Waals surface area contributed by atoms with Crippen LogP contribution in [0.5, 0.6) is 5.75 Å². The van der Waals surface area contributed by atoms with Crippen molar-refractivity contribution in [3.8, 4) is 5.75 Å². The quantitative estimate of drug-likeness (QED) is 0.693. The van der Waals surface area contributed by atoms with E-state index >= 15 is 0 Å². The topological polar surface area (TPSA) is 20.2 Å². The molecule has 1 atom stereocenters. The van der Waals surface area contributed by atoms with E-state index in [9.17, 15) is 5.11 Å². The molecule has 0 aromatic heterocycles. The SMILES string of the molecule is CCC(C)CCCCc1ccccc1O. The van der Waals surface area contributed by atoms with Gasteiger partial charge < -0.3 is 5.11 Å². The highest BCUT2D eigenvalue weighted by Crippen LogP contribution is 2.19. The fourth-order valence-corrected chi connectivity index (χ4v) is 1.73. The van der Waals surface area contributed by atoms with E-state index in [-0.39, 0.29) is 0 Å². The van der Waals surface area contributed by atoms with E-state index in [4.69, 9.17) is 0 Å². The number of rotatable bonds is 6. The molecule has 0 saturated carbocycles. The zero-order chi connectivity index (χ0) is 11.1. The minimum Gasteiger partial charge on any atom is -0.508 e. The molecule has 15 heavy (non-hydrogen) atoms. The summed E-state index contributed by atoms with van der Waals surface area (Å²) in [6, 6.07) is 7.64. The number of benzene rings is 1. The van der Waals surface area contributed by atoms with Crippen LogP contribution in [0.15, 0.2) is 24.3 Å². The summed E-state index contributed by atoms with van der Waals surface area (Å²) in [7, 11) is 0. The Balaban J connectivity index is 2.23. The Hall–Kier alpha value is -0.980. The maximum absolute atomic E-state index is 9.57. The molecule has 0 aliphatic carbocycles. The fourth-order valence-electron chi connectivity index (χ4n) is 1.73. The maximum Gasteiger partial charge on any atom is 0.118 e. The molecule has 0 radical (unpaired) electrons. The van der Waals surface area contributed by atoms with Crippen LogP contribution < -0.4 is 0 Å². The van der Waals surface area contributed by atoms with Crippen molar-refractivity contribution in [1.82, 2.24) is 0 Å². The van der Waals surface area contributed by atoms with Crippen molar-refractivity contribution in [2.75, 3.05) is 0 Å². The van der Waals surface area contributed by atoms with Crippen molar-refractivity contribution >= 4 is 0 Å². The molecule has 1 unspecified atom stereocenters. The number of unbranched alkanes of at least 4 members (excludes halogenated alkanes) is 1. The number of para-hydroxylation sites is 1. The lowest BCUT2D eigenvalue weighted by atomic mass is 9.99. The molecule has 1 heteroatoms. The highest BCUT2D eigenvalue weighted by molar-refractivity contribution is 5.31. The first-order valence-electron chi connectivity index (χ1n) is 6.01. The van der Waals surface area contributed by atoms with Gasteiger partial charge >= 0.3 is 0 Å². The second-order valence-corrected chi connectivity index (χ2v) is 4.39. The van der Waals surface area contributed by atoms with E-state index in [2.05, 4.69) is 13.8 Å². The highest BCUT2D eigenvalue weighted by atomic mass is 16.3. The average Bonchev–Trinajstić information content (AvgIpc) is 2.26. The lowest BCUT2D eigenvalue weighted by Crippen LogP contribution is -1.93. The number of hydrogen-bond acceptors (Lipinski definition) is 1. The van der Waals surface area contributed by atoms with E-state index < -0.39 is 0 Å². The second kappa shape index (κ2) is 6.49.